The Morgan fingerprint density at radius 1 is 0.246 bits per heavy atom. The van der Waals surface area contributed by atoms with E-state index in [9.17, 15) is 119 Å². The Labute approximate surface area is 993 Å². The van der Waals surface area contributed by atoms with E-state index in [1.54, 1.807) is 0 Å². The van der Waals surface area contributed by atoms with Crippen LogP contribution in [-0.4, -0.2) is 219 Å². The monoisotopic (exact) mass is 1910 g/mol. The molecule has 1 heterocycles. The normalized spacial score (nSPS) is 12.1. The number of aliphatic carboxylic acids is 12. The van der Waals surface area contributed by atoms with Crippen LogP contribution in [0.3, 0.4) is 0 Å². The van der Waals surface area contributed by atoms with E-state index >= 15 is 0 Å². The maximum absolute atomic E-state index is 11.7. The first kappa shape index (κ1) is 137. The fraction of sp³-hybridized carbons (Fsp3) is 0.333. The Bertz CT molecular complexity index is 4080. The summed E-state index contributed by atoms with van der Waals surface area (Å²) in [6.07, 6.45) is 0.102. The Balaban J connectivity index is -0.00000300. The molecule has 6 aromatic carbocycles. The van der Waals surface area contributed by atoms with Crippen LogP contribution in [0.5, 0.6) is 34.5 Å². The molecule has 0 bridgehead atoms. The van der Waals surface area contributed by atoms with E-state index in [0.29, 0.717) is 33.4 Å². The van der Waals surface area contributed by atoms with Crippen LogP contribution < -0.4 is 443 Å². The minimum atomic E-state index is -5.00. The number of rotatable bonds is 54. The topological polar surface area (TPSA) is 597 Å². The fourth-order valence-corrected chi connectivity index (χ4v) is 20.1. The van der Waals surface area contributed by atoms with Crippen molar-refractivity contribution in [1.82, 2.24) is 29.4 Å². The van der Waals surface area contributed by atoms with Crippen molar-refractivity contribution in [3.63, 3.8) is 0 Å². The molecule has 1 aliphatic rings. The third-order valence-corrected chi connectivity index (χ3v) is 24.2. The van der Waals surface area contributed by atoms with E-state index in [-0.39, 0.29) is 467 Å². The molecule has 0 aromatic heterocycles. The van der Waals surface area contributed by atoms with E-state index in [1.165, 1.54) is 146 Å². The summed E-state index contributed by atoms with van der Waals surface area (Å²) in [5.74, 6) is -19.7. The predicted octanol–water partition coefficient (Wildman–Crippen LogP) is -45.4. The number of carboxylic acid groups (broad SMARTS) is 12. The summed E-state index contributed by atoms with van der Waals surface area (Å²) in [4.78, 5) is 157. The molecule has 7 rings (SSSR count). The minimum absolute atomic E-state index is 0. The average molecular weight is 1910 g/mol. The van der Waals surface area contributed by atoms with Gasteiger partial charge in [0.25, 0.3) is 8.02 Å². The molecular weight excluding hydrogens is 1840 g/mol. The van der Waals surface area contributed by atoms with Crippen molar-refractivity contribution in [2.24, 2.45) is 4.52 Å². The van der Waals surface area contributed by atoms with E-state index in [0.717, 1.165) is 29.4 Å². The first-order valence-electron chi connectivity index (χ1n) is 34.4. The molecule has 0 atom stereocenters. The molecule has 54 heteroatoms. The van der Waals surface area contributed by atoms with Gasteiger partial charge in [-0.15, -0.1) is 0 Å². The van der Waals surface area contributed by atoms with Crippen LogP contribution in [0.25, 0.3) is 9.72 Å². The third kappa shape index (κ3) is 54.6. The molecule has 6 aromatic rings. The van der Waals surface area contributed by atoms with Gasteiger partial charge in [-0.1, -0.05) is 72.8 Å². The molecule has 0 saturated carbocycles. The van der Waals surface area contributed by atoms with Crippen molar-refractivity contribution in [2.75, 3.05) is 118 Å². The molecule has 0 radical (unpaired) electrons. The number of hydrogen-bond donors (Lipinski definition) is 0. The molecule has 612 valence electrons. The summed E-state index contributed by atoms with van der Waals surface area (Å²) >= 11 is 0. The van der Waals surface area contributed by atoms with Gasteiger partial charge in [-0.3, -0.25) is 38.4 Å². The SMILES string of the molecule is O=C([O-])CN(CCc1ccc(OP2(Oc3ccc(CCN(CC(=O)[O-])CC(=O)[O-])cc3)=N[P+](Oc3ccc(CCN(CC(=O)[O-])CC(=O)[O-])cc3)(Oc3ccc(CCN(CC(=O)[O-])CC(=O)[O-])cc3)[N-][P+](Oc3ccc(CCN(CC(=O)[O-])CC(=O)[O-])cc3)(Oc3ccc(CCN(CC(=O)[O-])CC(=O)[O-])cc3)[N-]2)cc1)CC(=O)[O-].[Na+].[Na+].[Na+].[Na+].[Na+].[Na+].[Na+].[Na+].[Na+].[Na+].[Na+].[Na+]. The van der Waals surface area contributed by atoms with Crippen LogP contribution >= 0.6 is 23.7 Å². The van der Waals surface area contributed by atoms with Gasteiger partial charge >= 0.3 is 370 Å². The summed E-state index contributed by atoms with van der Waals surface area (Å²) in [6.45, 7) is -10.3. The molecular formula is C72H72N9Na12O30P3. The molecule has 0 aliphatic carbocycles. The van der Waals surface area contributed by atoms with Crippen LogP contribution in [0.1, 0.15) is 33.4 Å². The Kier molecular flexibility index (Phi) is 77.4. The van der Waals surface area contributed by atoms with Crippen LogP contribution in [0.15, 0.2) is 150 Å². The van der Waals surface area contributed by atoms with Crippen molar-refractivity contribution in [3.8, 4) is 34.5 Å². The second kappa shape index (κ2) is 71.0. The maximum atomic E-state index is 11.7. The van der Waals surface area contributed by atoms with Crippen LogP contribution in [-0.2, 0) is 96.1 Å². The van der Waals surface area contributed by atoms with Gasteiger partial charge in [0.1, 0.15) is 11.5 Å². The molecule has 0 N–H and O–H groups in total. The summed E-state index contributed by atoms with van der Waals surface area (Å²) in [7, 11) is -15.0. The first-order chi connectivity index (χ1) is 54.0. The molecule has 0 unspecified atom stereocenters. The Morgan fingerprint density at radius 3 is 0.556 bits per heavy atom. The van der Waals surface area contributed by atoms with Gasteiger partial charge in [0.2, 0.25) is 0 Å². The summed E-state index contributed by atoms with van der Waals surface area (Å²) in [6, 6.07) is 34.9. The number of carbonyl (C=O) groups excluding carboxylic acids is 12. The number of nitrogens with zero attached hydrogens (tertiary/aromatic N) is 9. The van der Waals surface area contributed by atoms with Crippen LogP contribution in [0.4, 0.5) is 0 Å². The fourth-order valence-electron chi connectivity index (χ4n) is 11.1. The number of carboxylic acids is 12. The third-order valence-electron chi connectivity index (χ3n) is 16.1. The van der Waals surface area contributed by atoms with E-state index in [4.69, 9.17) is 41.4 Å². The van der Waals surface area contributed by atoms with Crippen molar-refractivity contribution in [2.45, 2.75) is 38.5 Å². The second-order valence-corrected chi connectivity index (χ2v) is 31.6. The number of carbonyl (C=O) groups is 12. The van der Waals surface area contributed by atoms with Crippen molar-refractivity contribution >= 4 is 95.3 Å². The van der Waals surface area contributed by atoms with Gasteiger partial charge in [0.05, 0.1) is 71.6 Å². The van der Waals surface area contributed by atoms with Crippen LogP contribution in [0, 0.1) is 0 Å². The van der Waals surface area contributed by atoms with Crippen molar-refractivity contribution in [1.29, 1.82) is 0 Å². The summed E-state index contributed by atoms with van der Waals surface area (Å²) < 4.78 is 47.3. The van der Waals surface area contributed by atoms with Gasteiger partial charge in [-0.2, -0.15) is 4.86 Å². The maximum Gasteiger partial charge on any atom is 1.00 e. The van der Waals surface area contributed by atoms with E-state index in [1.807, 2.05) is 0 Å². The van der Waals surface area contributed by atoms with E-state index in [2.05, 4.69) is 0 Å². The van der Waals surface area contributed by atoms with Crippen LogP contribution in [0.2, 0.25) is 0 Å². The Morgan fingerprint density at radius 2 is 0.397 bits per heavy atom. The van der Waals surface area contributed by atoms with Gasteiger partial charge in [0.15, 0.2) is 23.0 Å². The molecule has 0 amide bonds. The molecule has 126 heavy (non-hydrogen) atoms. The minimum Gasteiger partial charge on any atom is -0.549 e. The molecule has 0 spiro atoms. The molecule has 0 fully saturated rings. The van der Waals surface area contributed by atoms with Crippen molar-refractivity contribution in [3.05, 3.63) is 189 Å². The number of benzene rings is 6. The second-order valence-electron chi connectivity index (χ2n) is 25.4. The zero-order chi connectivity index (χ0) is 83.1. The van der Waals surface area contributed by atoms with Gasteiger partial charge in [0, 0.05) is 118 Å². The van der Waals surface area contributed by atoms with Crippen molar-refractivity contribution < 1.29 is 501 Å². The molecule has 0 saturated heterocycles. The molecule has 1 aliphatic heterocycles. The average Bonchev–Trinajstić information content (AvgIpc) is 0.728. The number of hydrogen-bond acceptors (Lipinski definition) is 37. The zero-order valence-electron chi connectivity index (χ0n) is 72.4. The molecule has 39 nitrogen and oxygen atoms in total. The van der Waals surface area contributed by atoms with E-state index < -0.39 is 174 Å². The quantitative estimate of drug-likeness (QED) is 0.0253. The van der Waals surface area contributed by atoms with Gasteiger partial charge < -0.3 is 142 Å². The smallest absolute Gasteiger partial charge is 0.549 e. The Hall–Kier alpha value is 0.530. The zero-order valence-corrected chi connectivity index (χ0v) is 99.1. The summed E-state index contributed by atoms with van der Waals surface area (Å²) in [5.41, 5.74) is 2.78. The predicted molar refractivity (Wildman–Crippen MR) is 373 cm³/mol. The van der Waals surface area contributed by atoms with Gasteiger partial charge in [-0.25, -0.2) is 0 Å². The first-order valence-corrected chi connectivity index (χ1v) is 39.0. The largest absolute Gasteiger partial charge is 1.00 e. The standard InChI is InChI=1S/C72H84N9O30P3.12Na/c82-61(83)37-76(38-62(84)85)31-25-49-1-13-55(14-2-49)106-112(107-56-15-3-50(4-16-56)26-32-77(39-63(86)87)40-64(88)89)73-113(108-57-17-5-51(6-18-57)27-33-78(41-65(90)91)42-66(92)93,109-58-19-7-52(8-20-58)28-34-79(43-67(94)95)44-68(96)97)75-114(74-112,110-59-21-9-53(10-22-59)29-35-80(45-69(98)99)46-70(100)101)111-60-23-11-54(12-24-60)30-36-81(47-71(102)103)48-72(104)105;;;;;;;;;;;;/h1-24H,25-48H2,(H,82,83)(H,84,85)(H,86,87)(H,88,89)(H,90,91)(H,92,93)(H,94,95)(H,96,97)(H,98,99)(H,100,101)(H,102,103)(H,104,105);;;;;;;;;;;;/q;12*+1/p-12. The summed E-state index contributed by atoms with van der Waals surface area (Å²) in [5, 5.41) is 140. The van der Waals surface area contributed by atoms with Gasteiger partial charge in [-0.05, 0) is 149 Å².